The molecule has 7 heteroatoms. The van der Waals surface area contributed by atoms with E-state index in [0.29, 0.717) is 22.3 Å². The van der Waals surface area contributed by atoms with Crippen molar-refractivity contribution in [3.63, 3.8) is 0 Å². The summed E-state index contributed by atoms with van der Waals surface area (Å²) >= 11 is 6.06. The molecule has 0 spiro atoms. The van der Waals surface area contributed by atoms with Gasteiger partial charge in [-0.25, -0.2) is 9.97 Å². The SMILES string of the molecule is Cc1ccoc1-c1nc2c3cc(Cl)ccc3nc(N)n2n1. The first-order chi connectivity index (χ1) is 10.1. The molecule has 6 nitrogen and oxygen atoms in total. The zero-order valence-electron chi connectivity index (χ0n) is 11.0. The van der Waals surface area contributed by atoms with E-state index in [-0.39, 0.29) is 5.95 Å². The van der Waals surface area contributed by atoms with Crippen molar-refractivity contribution in [1.82, 2.24) is 19.6 Å². The number of nitrogens with two attached hydrogens (primary N) is 1. The number of aryl methyl sites for hydroxylation is 1. The Morgan fingerprint density at radius 2 is 2.10 bits per heavy atom. The molecule has 0 saturated heterocycles. The number of rotatable bonds is 1. The van der Waals surface area contributed by atoms with Gasteiger partial charge < -0.3 is 10.2 Å². The van der Waals surface area contributed by atoms with Crippen LogP contribution in [-0.4, -0.2) is 19.6 Å². The third-order valence-corrected chi connectivity index (χ3v) is 3.56. The molecule has 0 unspecified atom stereocenters. The van der Waals surface area contributed by atoms with E-state index >= 15 is 0 Å². The van der Waals surface area contributed by atoms with Gasteiger partial charge in [0, 0.05) is 10.4 Å². The van der Waals surface area contributed by atoms with Crippen LogP contribution in [-0.2, 0) is 0 Å². The summed E-state index contributed by atoms with van der Waals surface area (Å²) < 4.78 is 6.93. The van der Waals surface area contributed by atoms with Crippen LogP contribution in [0.1, 0.15) is 5.56 Å². The highest BCUT2D eigenvalue weighted by Gasteiger charge is 2.16. The van der Waals surface area contributed by atoms with Crippen molar-refractivity contribution >= 4 is 34.1 Å². The average molecular weight is 300 g/mol. The number of fused-ring (bicyclic) bond motifs is 3. The number of furan rings is 1. The lowest BCUT2D eigenvalue weighted by Gasteiger charge is -2.02. The summed E-state index contributed by atoms with van der Waals surface area (Å²) in [4.78, 5) is 8.84. The number of nitrogen functional groups attached to an aromatic ring is 1. The van der Waals surface area contributed by atoms with Crippen LogP contribution >= 0.6 is 11.6 Å². The number of anilines is 1. The van der Waals surface area contributed by atoms with Crippen LogP contribution in [0.25, 0.3) is 28.1 Å². The summed E-state index contributed by atoms with van der Waals surface area (Å²) in [6, 6.07) is 7.23. The molecule has 0 amide bonds. The van der Waals surface area contributed by atoms with Crippen LogP contribution in [0.5, 0.6) is 0 Å². The first-order valence-corrected chi connectivity index (χ1v) is 6.67. The van der Waals surface area contributed by atoms with Crippen molar-refractivity contribution in [1.29, 1.82) is 0 Å². The van der Waals surface area contributed by atoms with E-state index in [2.05, 4.69) is 15.1 Å². The maximum absolute atomic E-state index is 6.06. The minimum Gasteiger partial charge on any atom is -0.461 e. The van der Waals surface area contributed by atoms with Crippen molar-refractivity contribution in [2.75, 3.05) is 5.73 Å². The van der Waals surface area contributed by atoms with E-state index in [4.69, 9.17) is 21.8 Å². The van der Waals surface area contributed by atoms with Gasteiger partial charge in [-0.1, -0.05) is 11.6 Å². The highest BCUT2D eigenvalue weighted by Crippen LogP contribution is 2.27. The molecule has 0 atom stereocenters. The van der Waals surface area contributed by atoms with Gasteiger partial charge in [-0.2, -0.15) is 4.52 Å². The fourth-order valence-corrected chi connectivity index (χ4v) is 2.47. The molecular weight excluding hydrogens is 290 g/mol. The highest BCUT2D eigenvalue weighted by atomic mass is 35.5. The predicted octanol–water partition coefficient (Wildman–Crippen LogP) is 3.08. The largest absolute Gasteiger partial charge is 0.461 e. The maximum Gasteiger partial charge on any atom is 0.223 e. The van der Waals surface area contributed by atoms with Gasteiger partial charge in [0.05, 0.1) is 11.8 Å². The summed E-state index contributed by atoms with van der Waals surface area (Å²) in [6.45, 7) is 1.93. The van der Waals surface area contributed by atoms with Crippen molar-refractivity contribution < 1.29 is 4.42 Å². The molecule has 3 aromatic heterocycles. The van der Waals surface area contributed by atoms with E-state index in [9.17, 15) is 0 Å². The second-order valence-corrected chi connectivity index (χ2v) is 5.17. The Labute approximate surface area is 124 Å². The monoisotopic (exact) mass is 299 g/mol. The fraction of sp³-hybridized carbons (Fsp3) is 0.0714. The first-order valence-electron chi connectivity index (χ1n) is 6.29. The number of hydrogen-bond acceptors (Lipinski definition) is 5. The topological polar surface area (TPSA) is 82.2 Å². The van der Waals surface area contributed by atoms with Gasteiger partial charge in [0.2, 0.25) is 11.8 Å². The standard InChI is InChI=1S/C14H10ClN5O/c1-7-4-5-21-11(7)12-18-13-9-6-8(15)2-3-10(9)17-14(16)20(13)19-12/h2-6H,1H3,(H2,16,17). The summed E-state index contributed by atoms with van der Waals surface area (Å²) in [7, 11) is 0. The summed E-state index contributed by atoms with van der Waals surface area (Å²) in [6.07, 6.45) is 1.60. The molecule has 4 rings (SSSR count). The summed E-state index contributed by atoms with van der Waals surface area (Å²) in [5.74, 6) is 1.36. The lowest BCUT2D eigenvalue weighted by atomic mass is 10.2. The average Bonchev–Trinajstić information content (AvgIpc) is 3.06. The molecule has 21 heavy (non-hydrogen) atoms. The van der Waals surface area contributed by atoms with Gasteiger partial charge >= 0.3 is 0 Å². The molecule has 104 valence electrons. The van der Waals surface area contributed by atoms with Crippen molar-refractivity contribution in [2.45, 2.75) is 6.92 Å². The van der Waals surface area contributed by atoms with E-state index in [1.165, 1.54) is 4.52 Å². The van der Waals surface area contributed by atoms with E-state index < -0.39 is 0 Å². The van der Waals surface area contributed by atoms with Crippen LogP contribution in [0.4, 0.5) is 5.95 Å². The molecule has 2 N–H and O–H groups in total. The molecule has 3 heterocycles. The van der Waals surface area contributed by atoms with Crippen LogP contribution < -0.4 is 5.73 Å². The Kier molecular flexibility index (Phi) is 2.43. The molecule has 4 aromatic rings. The zero-order valence-corrected chi connectivity index (χ0v) is 11.8. The first kappa shape index (κ1) is 12.2. The molecule has 0 bridgehead atoms. The Hall–Kier alpha value is -2.60. The van der Waals surface area contributed by atoms with Crippen LogP contribution in [0.15, 0.2) is 34.9 Å². The van der Waals surface area contributed by atoms with Gasteiger partial charge in [-0.05, 0) is 36.8 Å². The third-order valence-electron chi connectivity index (χ3n) is 3.32. The lowest BCUT2D eigenvalue weighted by molar-refractivity contribution is 0.575. The minimum atomic E-state index is 0.266. The maximum atomic E-state index is 6.06. The van der Waals surface area contributed by atoms with Gasteiger partial charge in [0.25, 0.3) is 0 Å². The summed E-state index contributed by atoms with van der Waals surface area (Å²) in [5.41, 5.74) is 8.23. The molecule has 0 fully saturated rings. The van der Waals surface area contributed by atoms with Gasteiger partial charge in [0.15, 0.2) is 11.4 Å². The number of benzene rings is 1. The minimum absolute atomic E-state index is 0.266. The normalized spacial score (nSPS) is 11.5. The smallest absolute Gasteiger partial charge is 0.223 e. The number of hydrogen-bond donors (Lipinski definition) is 1. The Balaban J connectivity index is 2.11. The predicted molar refractivity (Wildman–Crippen MR) is 80.1 cm³/mol. The van der Waals surface area contributed by atoms with Crippen LogP contribution in [0, 0.1) is 6.92 Å². The van der Waals surface area contributed by atoms with Crippen molar-refractivity contribution in [3.05, 3.63) is 41.1 Å². The van der Waals surface area contributed by atoms with Gasteiger partial charge in [0.1, 0.15) is 0 Å². The quantitative estimate of drug-likeness (QED) is 0.584. The molecule has 0 saturated carbocycles. The lowest BCUT2D eigenvalue weighted by Crippen LogP contribution is -2.02. The van der Waals surface area contributed by atoms with Crippen molar-refractivity contribution in [3.8, 4) is 11.6 Å². The molecule has 0 aliphatic rings. The number of aromatic nitrogens is 4. The van der Waals surface area contributed by atoms with E-state index in [1.807, 2.05) is 13.0 Å². The second-order valence-electron chi connectivity index (χ2n) is 4.74. The van der Waals surface area contributed by atoms with Gasteiger partial charge in [-0.3, -0.25) is 0 Å². The van der Waals surface area contributed by atoms with Gasteiger partial charge in [-0.15, -0.1) is 5.10 Å². The molecular formula is C14H10ClN5O. The summed E-state index contributed by atoms with van der Waals surface area (Å²) in [5, 5.41) is 5.77. The fourth-order valence-electron chi connectivity index (χ4n) is 2.30. The van der Waals surface area contributed by atoms with Crippen LogP contribution in [0.2, 0.25) is 5.02 Å². The van der Waals surface area contributed by atoms with Crippen molar-refractivity contribution in [2.24, 2.45) is 0 Å². The molecule has 0 radical (unpaired) electrons. The Morgan fingerprint density at radius 3 is 2.86 bits per heavy atom. The Bertz CT molecular complexity index is 988. The molecule has 0 aliphatic carbocycles. The number of halogens is 1. The van der Waals surface area contributed by atoms with E-state index in [0.717, 1.165) is 16.5 Å². The third kappa shape index (κ3) is 1.76. The number of nitrogens with zero attached hydrogens (tertiary/aromatic N) is 4. The van der Waals surface area contributed by atoms with Crippen LogP contribution in [0.3, 0.4) is 0 Å². The second kappa shape index (κ2) is 4.20. The molecule has 0 aliphatic heterocycles. The zero-order chi connectivity index (χ0) is 14.6. The highest BCUT2D eigenvalue weighted by molar-refractivity contribution is 6.31. The molecule has 1 aromatic carbocycles. The Morgan fingerprint density at radius 1 is 1.24 bits per heavy atom. The van der Waals surface area contributed by atoms with E-state index in [1.54, 1.807) is 24.5 Å².